The summed E-state index contributed by atoms with van der Waals surface area (Å²) in [5.74, 6) is -0.409. The number of aryl methyl sites for hydroxylation is 2. The number of aromatic nitrogens is 1. The molecule has 29 heavy (non-hydrogen) atoms. The van der Waals surface area contributed by atoms with Crippen molar-refractivity contribution in [2.24, 2.45) is 13.0 Å². The molecule has 150 valence electrons. The minimum Gasteiger partial charge on any atom is -0.381 e. The Morgan fingerprint density at radius 3 is 2.76 bits per heavy atom. The van der Waals surface area contributed by atoms with Gasteiger partial charge in [-0.25, -0.2) is 0 Å². The van der Waals surface area contributed by atoms with Crippen LogP contribution in [-0.4, -0.2) is 29.6 Å². The molecule has 1 atom stereocenters. The summed E-state index contributed by atoms with van der Waals surface area (Å²) >= 11 is 0. The lowest BCUT2D eigenvalue weighted by molar-refractivity contribution is -0.123. The van der Waals surface area contributed by atoms with Gasteiger partial charge in [0.05, 0.1) is 18.2 Å². The summed E-state index contributed by atoms with van der Waals surface area (Å²) in [6.07, 6.45) is 3.69. The van der Waals surface area contributed by atoms with Crippen molar-refractivity contribution in [2.45, 2.75) is 19.8 Å². The zero-order chi connectivity index (χ0) is 20.4. The summed E-state index contributed by atoms with van der Waals surface area (Å²) in [6, 6.07) is 13.2. The van der Waals surface area contributed by atoms with E-state index in [1.807, 2.05) is 55.1 Å². The highest BCUT2D eigenvalue weighted by molar-refractivity contribution is 6.09. The number of fused-ring (bicyclic) bond motifs is 1. The SMILES string of the molecule is Cc1ccc(C(=O)Nc2cccc3c2ccn3C)cc1NC(=O)C1CCCOC1. The summed E-state index contributed by atoms with van der Waals surface area (Å²) in [4.78, 5) is 25.4. The number of carbonyl (C=O) groups is 2. The van der Waals surface area contributed by atoms with E-state index in [0.29, 0.717) is 24.5 Å². The molecule has 2 heterocycles. The van der Waals surface area contributed by atoms with Gasteiger partial charge in [-0.15, -0.1) is 0 Å². The second-order valence-corrected chi connectivity index (χ2v) is 7.55. The summed E-state index contributed by atoms with van der Waals surface area (Å²) in [5, 5.41) is 6.95. The fraction of sp³-hybridized carbons (Fsp3) is 0.304. The van der Waals surface area contributed by atoms with Crippen molar-refractivity contribution in [1.29, 1.82) is 0 Å². The number of nitrogens with zero attached hydrogens (tertiary/aromatic N) is 1. The van der Waals surface area contributed by atoms with Crippen molar-refractivity contribution in [3.8, 4) is 0 Å². The van der Waals surface area contributed by atoms with Crippen LogP contribution in [0.1, 0.15) is 28.8 Å². The van der Waals surface area contributed by atoms with Crippen LogP contribution in [0.3, 0.4) is 0 Å². The number of amides is 2. The molecule has 0 saturated carbocycles. The number of hydrogen-bond donors (Lipinski definition) is 2. The van der Waals surface area contributed by atoms with Gasteiger partial charge in [0.15, 0.2) is 0 Å². The first-order chi connectivity index (χ1) is 14.0. The summed E-state index contributed by atoms with van der Waals surface area (Å²) in [5.41, 5.74) is 3.88. The Morgan fingerprint density at radius 1 is 1.10 bits per heavy atom. The van der Waals surface area contributed by atoms with Crippen LogP contribution in [0.2, 0.25) is 0 Å². The summed E-state index contributed by atoms with van der Waals surface area (Å²) in [6.45, 7) is 3.08. The van der Waals surface area contributed by atoms with Gasteiger partial charge >= 0.3 is 0 Å². The van der Waals surface area contributed by atoms with E-state index in [2.05, 4.69) is 10.6 Å². The predicted molar refractivity (Wildman–Crippen MR) is 114 cm³/mol. The van der Waals surface area contributed by atoms with Crippen LogP contribution in [0.25, 0.3) is 10.9 Å². The van der Waals surface area contributed by atoms with E-state index in [1.54, 1.807) is 12.1 Å². The van der Waals surface area contributed by atoms with Crippen LogP contribution in [0, 0.1) is 12.8 Å². The summed E-state index contributed by atoms with van der Waals surface area (Å²) < 4.78 is 7.42. The fourth-order valence-electron chi connectivity index (χ4n) is 3.69. The predicted octanol–water partition coefficient (Wildman–Crippen LogP) is 4.10. The highest BCUT2D eigenvalue weighted by Crippen LogP contribution is 2.25. The molecule has 1 fully saturated rings. The van der Waals surface area contributed by atoms with Gasteiger partial charge in [-0.1, -0.05) is 12.1 Å². The molecule has 0 spiro atoms. The normalized spacial score (nSPS) is 16.6. The minimum absolute atomic E-state index is 0.0561. The van der Waals surface area contributed by atoms with Crippen molar-refractivity contribution < 1.29 is 14.3 Å². The number of rotatable bonds is 4. The molecule has 0 radical (unpaired) electrons. The first-order valence-corrected chi connectivity index (χ1v) is 9.87. The van der Waals surface area contributed by atoms with E-state index in [-0.39, 0.29) is 17.7 Å². The van der Waals surface area contributed by atoms with E-state index in [9.17, 15) is 9.59 Å². The largest absolute Gasteiger partial charge is 0.381 e. The Kier molecular flexibility index (Phi) is 5.36. The average molecular weight is 391 g/mol. The lowest BCUT2D eigenvalue weighted by Gasteiger charge is -2.22. The molecule has 1 aliphatic rings. The van der Waals surface area contributed by atoms with Crippen LogP contribution >= 0.6 is 0 Å². The molecule has 1 aromatic heterocycles. The molecule has 2 N–H and O–H groups in total. The number of nitrogens with one attached hydrogen (secondary N) is 2. The molecule has 2 aromatic carbocycles. The zero-order valence-electron chi connectivity index (χ0n) is 16.7. The van der Waals surface area contributed by atoms with Gasteiger partial charge in [0.2, 0.25) is 5.91 Å². The quantitative estimate of drug-likeness (QED) is 0.703. The van der Waals surface area contributed by atoms with Crippen molar-refractivity contribution >= 4 is 34.1 Å². The Hall–Kier alpha value is -3.12. The molecule has 2 amide bonds. The van der Waals surface area contributed by atoms with E-state index < -0.39 is 0 Å². The maximum atomic E-state index is 12.9. The molecule has 6 heteroatoms. The third-order valence-electron chi connectivity index (χ3n) is 5.46. The number of ether oxygens (including phenoxy) is 1. The summed E-state index contributed by atoms with van der Waals surface area (Å²) in [7, 11) is 1.97. The molecule has 3 aromatic rings. The van der Waals surface area contributed by atoms with Gasteiger partial charge in [-0.3, -0.25) is 9.59 Å². The Bertz CT molecular complexity index is 1060. The number of hydrogen-bond acceptors (Lipinski definition) is 3. The molecule has 1 aliphatic heterocycles. The van der Waals surface area contributed by atoms with Crippen LogP contribution in [-0.2, 0) is 16.6 Å². The van der Waals surface area contributed by atoms with Gasteiger partial charge in [-0.05, 0) is 55.7 Å². The highest BCUT2D eigenvalue weighted by Gasteiger charge is 2.22. The lowest BCUT2D eigenvalue weighted by atomic mass is 10.0. The Balaban J connectivity index is 1.53. The minimum atomic E-state index is -0.210. The first kappa shape index (κ1) is 19.2. The van der Waals surface area contributed by atoms with Gasteiger partial charge in [0.1, 0.15) is 0 Å². The molecule has 6 nitrogen and oxygen atoms in total. The monoisotopic (exact) mass is 391 g/mol. The third-order valence-corrected chi connectivity index (χ3v) is 5.46. The van der Waals surface area contributed by atoms with Crippen LogP contribution in [0.15, 0.2) is 48.7 Å². The van der Waals surface area contributed by atoms with Gasteiger partial charge in [0, 0.05) is 42.0 Å². The van der Waals surface area contributed by atoms with Gasteiger partial charge in [-0.2, -0.15) is 0 Å². The molecule has 0 aliphatic carbocycles. The number of anilines is 2. The van der Waals surface area contributed by atoms with Gasteiger partial charge in [0.25, 0.3) is 5.91 Å². The smallest absolute Gasteiger partial charge is 0.255 e. The molecular weight excluding hydrogens is 366 g/mol. The Morgan fingerprint density at radius 2 is 1.97 bits per heavy atom. The first-order valence-electron chi connectivity index (χ1n) is 9.87. The van der Waals surface area contributed by atoms with E-state index in [0.717, 1.165) is 35.0 Å². The maximum Gasteiger partial charge on any atom is 0.255 e. The highest BCUT2D eigenvalue weighted by atomic mass is 16.5. The average Bonchev–Trinajstić information content (AvgIpc) is 3.12. The molecule has 1 saturated heterocycles. The third kappa shape index (κ3) is 4.03. The molecular formula is C23H25N3O3. The zero-order valence-corrected chi connectivity index (χ0v) is 16.7. The van der Waals surface area contributed by atoms with E-state index in [4.69, 9.17) is 4.74 Å². The molecule has 1 unspecified atom stereocenters. The van der Waals surface area contributed by atoms with Crippen molar-refractivity contribution in [1.82, 2.24) is 4.57 Å². The van der Waals surface area contributed by atoms with Crippen LogP contribution in [0.4, 0.5) is 11.4 Å². The van der Waals surface area contributed by atoms with Crippen LogP contribution in [0.5, 0.6) is 0 Å². The second-order valence-electron chi connectivity index (χ2n) is 7.55. The Labute approximate surface area is 169 Å². The lowest BCUT2D eigenvalue weighted by Crippen LogP contribution is -2.30. The molecule has 4 rings (SSSR count). The van der Waals surface area contributed by atoms with Crippen LogP contribution < -0.4 is 10.6 Å². The van der Waals surface area contributed by atoms with Gasteiger partial charge < -0.3 is 19.9 Å². The second kappa shape index (κ2) is 8.09. The van der Waals surface area contributed by atoms with Crippen molar-refractivity contribution in [3.05, 3.63) is 59.8 Å². The van der Waals surface area contributed by atoms with Crippen molar-refractivity contribution in [3.63, 3.8) is 0 Å². The standard InChI is InChI=1S/C23H25N3O3/c1-15-8-9-16(13-20(15)25-23(28)17-5-4-12-29-14-17)22(27)24-19-6-3-7-21-18(19)10-11-26(21)2/h3,6-11,13,17H,4-5,12,14H2,1-2H3,(H,24,27)(H,25,28). The maximum absolute atomic E-state index is 12.9. The number of benzene rings is 2. The van der Waals surface area contributed by atoms with E-state index >= 15 is 0 Å². The molecule has 0 bridgehead atoms. The topological polar surface area (TPSA) is 72.4 Å². The van der Waals surface area contributed by atoms with E-state index in [1.165, 1.54) is 0 Å². The number of carbonyl (C=O) groups excluding carboxylic acids is 2. The fourth-order valence-corrected chi connectivity index (χ4v) is 3.69. The van der Waals surface area contributed by atoms with Crippen molar-refractivity contribution in [2.75, 3.05) is 23.8 Å².